The first kappa shape index (κ1) is 14.3. The van der Waals surface area contributed by atoms with Crippen molar-refractivity contribution >= 4 is 27.1 Å². The normalized spacial score (nSPS) is 13.9. The van der Waals surface area contributed by atoms with Crippen LogP contribution in [-0.4, -0.2) is 13.7 Å². The molecule has 2 aromatic carbocycles. The number of fused-ring (bicyclic) bond motifs is 2. The summed E-state index contributed by atoms with van der Waals surface area (Å²) in [4.78, 5) is 15.1. The minimum absolute atomic E-state index is 0.0945. The van der Waals surface area contributed by atoms with E-state index < -0.39 is 0 Å². The molecule has 0 aliphatic carbocycles. The van der Waals surface area contributed by atoms with Crippen LogP contribution in [-0.2, 0) is 13.0 Å². The number of rotatable bonds is 2. The third-order valence-corrected chi connectivity index (χ3v) is 5.38. The van der Waals surface area contributed by atoms with Gasteiger partial charge in [-0.15, -0.1) is 11.3 Å². The number of hydrogen-bond donors (Lipinski definition) is 0. The summed E-state index contributed by atoms with van der Waals surface area (Å²) in [7, 11) is 1.63. The maximum atomic E-state index is 12.9. The molecular formula is C19H17NO2S. The summed E-state index contributed by atoms with van der Waals surface area (Å²) < 4.78 is 6.26. The van der Waals surface area contributed by atoms with Crippen LogP contribution in [0.5, 0.6) is 5.75 Å². The van der Waals surface area contributed by atoms with Crippen molar-refractivity contribution in [3.05, 3.63) is 69.2 Å². The van der Waals surface area contributed by atoms with E-state index >= 15 is 0 Å². The molecule has 0 radical (unpaired) electrons. The van der Waals surface area contributed by atoms with Gasteiger partial charge in [0.25, 0.3) is 0 Å². The van der Waals surface area contributed by atoms with Crippen molar-refractivity contribution in [2.45, 2.75) is 13.0 Å². The molecule has 1 aliphatic heterocycles. The third kappa shape index (κ3) is 2.49. The van der Waals surface area contributed by atoms with Crippen molar-refractivity contribution < 1.29 is 4.74 Å². The summed E-state index contributed by atoms with van der Waals surface area (Å²) in [5.74, 6) is 0.725. The summed E-state index contributed by atoms with van der Waals surface area (Å²) in [6.07, 6.45) is 0.983. The van der Waals surface area contributed by atoms with Gasteiger partial charge in [0.05, 0.1) is 12.8 Å². The number of hydrogen-bond acceptors (Lipinski definition) is 4. The van der Waals surface area contributed by atoms with Gasteiger partial charge in [0.15, 0.2) is 0 Å². The van der Waals surface area contributed by atoms with Crippen LogP contribution >= 0.6 is 11.3 Å². The lowest BCUT2D eigenvalue weighted by atomic mass is 9.99. The molecule has 1 aliphatic rings. The monoisotopic (exact) mass is 323 g/mol. The largest absolute Gasteiger partial charge is 0.497 e. The summed E-state index contributed by atoms with van der Waals surface area (Å²) in [5, 5.41) is 2.73. The van der Waals surface area contributed by atoms with Crippen LogP contribution in [0.4, 0.5) is 5.69 Å². The first-order valence-electron chi connectivity index (χ1n) is 7.67. The summed E-state index contributed by atoms with van der Waals surface area (Å²) in [6.45, 7) is 1.68. The predicted molar refractivity (Wildman–Crippen MR) is 95.8 cm³/mol. The molecule has 0 saturated carbocycles. The highest BCUT2D eigenvalue weighted by atomic mass is 32.1. The van der Waals surface area contributed by atoms with Gasteiger partial charge in [0.2, 0.25) is 5.43 Å². The van der Waals surface area contributed by atoms with E-state index in [2.05, 4.69) is 29.2 Å². The topological polar surface area (TPSA) is 29.5 Å². The van der Waals surface area contributed by atoms with Crippen molar-refractivity contribution in [2.75, 3.05) is 18.6 Å². The number of benzene rings is 2. The Labute approximate surface area is 138 Å². The van der Waals surface area contributed by atoms with Crippen LogP contribution in [0.3, 0.4) is 0 Å². The molecule has 3 nitrogen and oxygen atoms in total. The number of methoxy groups -OCH3 is 1. The fourth-order valence-corrected chi connectivity index (χ4v) is 4.07. The molecule has 0 N–H and O–H groups in total. The molecule has 1 aromatic heterocycles. The Kier molecular flexibility index (Phi) is 3.54. The quantitative estimate of drug-likeness (QED) is 0.718. The maximum Gasteiger partial charge on any atom is 0.211 e. The zero-order chi connectivity index (χ0) is 15.8. The highest BCUT2D eigenvalue weighted by Crippen LogP contribution is 2.28. The van der Waals surface area contributed by atoms with Gasteiger partial charge in [-0.1, -0.05) is 24.3 Å². The zero-order valence-electron chi connectivity index (χ0n) is 12.9. The number of nitrogens with zero attached hydrogens (tertiary/aromatic N) is 1. The van der Waals surface area contributed by atoms with E-state index in [0.717, 1.165) is 41.0 Å². The molecule has 3 aromatic rings. The molecule has 0 saturated heterocycles. The van der Waals surface area contributed by atoms with Crippen molar-refractivity contribution in [2.24, 2.45) is 0 Å². The molecule has 0 spiro atoms. The number of ether oxygens (including phenoxy) is 1. The molecule has 0 fully saturated rings. The lowest BCUT2D eigenvalue weighted by Crippen LogP contribution is -2.33. The Morgan fingerprint density at radius 1 is 1.13 bits per heavy atom. The Morgan fingerprint density at radius 3 is 2.78 bits per heavy atom. The Hall–Kier alpha value is -2.33. The minimum Gasteiger partial charge on any atom is -0.497 e. The zero-order valence-corrected chi connectivity index (χ0v) is 13.7. The van der Waals surface area contributed by atoms with Gasteiger partial charge in [-0.25, -0.2) is 0 Å². The van der Waals surface area contributed by atoms with Gasteiger partial charge < -0.3 is 9.64 Å². The minimum atomic E-state index is 0.0945. The molecular weight excluding hydrogens is 306 g/mol. The average Bonchev–Trinajstić information content (AvgIpc) is 2.61. The van der Waals surface area contributed by atoms with Crippen molar-refractivity contribution in [3.63, 3.8) is 0 Å². The molecule has 0 bridgehead atoms. The van der Waals surface area contributed by atoms with Crippen molar-refractivity contribution in [1.29, 1.82) is 0 Å². The molecule has 23 heavy (non-hydrogen) atoms. The van der Waals surface area contributed by atoms with Crippen LogP contribution in [0.15, 0.2) is 52.6 Å². The van der Waals surface area contributed by atoms with Crippen LogP contribution in [0.25, 0.3) is 10.1 Å². The summed E-state index contributed by atoms with van der Waals surface area (Å²) in [6, 6.07) is 14.2. The number of anilines is 1. The second kappa shape index (κ2) is 5.70. The lowest BCUT2D eigenvalue weighted by Gasteiger charge is -2.30. The van der Waals surface area contributed by atoms with Crippen molar-refractivity contribution in [3.8, 4) is 5.75 Å². The third-order valence-electron chi connectivity index (χ3n) is 4.43. The van der Waals surface area contributed by atoms with Gasteiger partial charge in [-0.2, -0.15) is 0 Å². The highest BCUT2D eigenvalue weighted by molar-refractivity contribution is 7.16. The van der Waals surface area contributed by atoms with Crippen LogP contribution in [0.2, 0.25) is 0 Å². The first-order valence-corrected chi connectivity index (χ1v) is 8.55. The Balaban J connectivity index is 1.78. The molecule has 2 heterocycles. The van der Waals surface area contributed by atoms with Gasteiger partial charge in [0, 0.05) is 28.6 Å². The second-order valence-electron chi connectivity index (χ2n) is 5.75. The van der Waals surface area contributed by atoms with Crippen molar-refractivity contribution in [1.82, 2.24) is 0 Å². The smallest absolute Gasteiger partial charge is 0.211 e. The molecule has 4 heteroatoms. The SMILES string of the molecule is COc1ccc2scc(N3CCc4ccccc4C3)c(=O)c2c1. The maximum absolute atomic E-state index is 12.9. The van der Waals surface area contributed by atoms with Crippen LogP contribution in [0, 0.1) is 0 Å². The van der Waals surface area contributed by atoms with E-state index in [4.69, 9.17) is 4.74 Å². The van der Waals surface area contributed by atoms with Gasteiger partial charge >= 0.3 is 0 Å². The van der Waals surface area contributed by atoms with E-state index in [1.807, 2.05) is 23.6 Å². The molecule has 116 valence electrons. The van der Waals surface area contributed by atoms with E-state index in [1.165, 1.54) is 11.1 Å². The van der Waals surface area contributed by atoms with E-state index in [0.29, 0.717) is 0 Å². The molecule has 0 amide bonds. The van der Waals surface area contributed by atoms with E-state index in [1.54, 1.807) is 18.4 Å². The lowest BCUT2D eigenvalue weighted by molar-refractivity contribution is 0.415. The van der Waals surface area contributed by atoms with Crippen LogP contribution in [0.1, 0.15) is 11.1 Å². The Morgan fingerprint density at radius 2 is 1.96 bits per heavy atom. The van der Waals surface area contributed by atoms with Crippen LogP contribution < -0.4 is 15.1 Å². The van der Waals surface area contributed by atoms with Gasteiger partial charge in [-0.05, 0) is 35.7 Å². The highest BCUT2D eigenvalue weighted by Gasteiger charge is 2.19. The van der Waals surface area contributed by atoms with Gasteiger partial charge in [0.1, 0.15) is 5.75 Å². The fourth-order valence-electron chi connectivity index (χ4n) is 3.15. The second-order valence-corrected chi connectivity index (χ2v) is 6.66. The molecule has 4 rings (SSSR count). The Bertz CT molecular complexity index is 932. The molecule has 0 unspecified atom stereocenters. The summed E-state index contributed by atoms with van der Waals surface area (Å²) >= 11 is 1.61. The summed E-state index contributed by atoms with van der Waals surface area (Å²) in [5.41, 5.74) is 3.60. The standard InChI is InChI=1S/C19H17NO2S/c1-22-15-6-7-18-16(10-15)19(21)17(12-23-18)20-9-8-13-4-2-3-5-14(13)11-20/h2-7,10,12H,8-9,11H2,1H3. The first-order chi connectivity index (χ1) is 11.3. The predicted octanol–water partition coefficient (Wildman–Crippen LogP) is 3.83. The van der Waals surface area contributed by atoms with Gasteiger partial charge in [-0.3, -0.25) is 4.79 Å². The van der Waals surface area contributed by atoms with E-state index in [9.17, 15) is 4.79 Å². The average molecular weight is 323 g/mol. The van der Waals surface area contributed by atoms with E-state index in [-0.39, 0.29) is 5.43 Å². The fraction of sp³-hybridized carbons (Fsp3) is 0.211. The molecule has 0 atom stereocenters.